The van der Waals surface area contributed by atoms with Crippen molar-refractivity contribution in [3.8, 4) is 0 Å². The van der Waals surface area contributed by atoms with Crippen LogP contribution in [0.25, 0.3) is 0 Å². The summed E-state index contributed by atoms with van der Waals surface area (Å²) in [5.41, 5.74) is 2.17. The standard InChI is InChI=1S/C14H19N3OS/c1-11(14-15-7-10-19-14)16-12-3-5-13(6-4-12)17(2)8-9-18/h3-7,10-11,16,18H,8-9H2,1-2H3. The van der Waals surface area contributed by atoms with Gasteiger partial charge in [-0.05, 0) is 31.2 Å². The van der Waals surface area contributed by atoms with Crippen LogP contribution in [0.3, 0.4) is 0 Å². The van der Waals surface area contributed by atoms with Crippen molar-refractivity contribution in [2.75, 3.05) is 30.4 Å². The summed E-state index contributed by atoms with van der Waals surface area (Å²) in [6, 6.07) is 8.40. The largest absolute Gasteiger partial charge is 0.395 e. The van der Waals surface area contributed by atoms with Crippen LogP contribution in [0.15, 0.2) is 35.8 Å². The third kappa shape index (κ3) is 3.68. The van der Waals surface area contributed by atoms with Gasteiger partial charge in [-0.25, -0.2) is 4.98 Å². The van der Waals surface area contributed by atoms with Crippen molar-refractivity contribution in [2.45, 2.75) is 13.0 Å². The average Bonchev–Trinajstić information content (AvgIpc) is 2.94. The van der Waals surface area contributed by atoms with Gasteiger partial charge in [0, 0.05) is 36.5 Å². The Morgan fingerprint density at radius 2 is 2.11 bits per heavy atom. The molecule has 0 saturated heterocycles. The summed E-state index contributed by atoms with van der Waals surface area (Å²) in [5, 5.41) is 15.4. The smallest absolute Gasteiger partial charge is 0.115 e. The molecule has 0 aliphatic carbocycles. The average molecular weight is 277 g/mol. The van der Waals surface area contributed by atoms with Crippen LogP contribution in [0.2, 0.25) is 0 Å². The number of anilines is 2. The molecule has 1 heterocycles. The summed E-state index contributed by atoms with van der Waals surface area (Å²) < 4.78 is 0. The maximum atomic E-state index is 8.92. The number of aliphatic hydroxyl groups is 1. The minimum absolute atomic E-state index is 0.164. The first-order valence-electron chi connectivity index (χ1n) is 6.28. The molecule has 1 aromatic heterocycles. The highest BCUT2D eigenvalue weighted by atomic mass is 32.1. The predicted molar refractivity (Wildman–Crippen MR) is 80.9 cm³/mol. The van der Waals surface area contributed by atoms with Gasteiger partial charge in [-0.2, -0.15) is 0 Å². The SMILES string of the molecule is CC(Nc1ccc(N(C)CCO)cc1)c1nccs1. The highest BCUT2D eigenvalue weighted by Gasteiger charge is 2.07. The molecule has 0 radical (unpaired) electrons. The fourth-order valence-electron chi connectivity index (χ4n) is 1.85. The zero-order chi connectivity index (χ0) is 13.7. The minimum atomic E-state index is 0.164. The number of aromatic nitrogens is 1. The molecule has 0 bridgehead atoms. The number of thiazole rings is 1. The first-order chi connectivity index (χ1) is 9.20. The third-order valence-electron chi connectivity index (χ3n) is 2.95. The van der Waals surface area contributed by atoms with Gasteiger partial charge in [0.15, 0.2) is 0 Å². The van der Waals surface area contributed by atoms with Crippen molar-refractivity contribution in [3.63, 3.8) is 0 Å². The lowest BCUT2D eigenvalue weighted by atomic mass is 10.2. The summed E-state index contributed by atoms with van der Waals surface area (Å²) in [7, 11) is 1.97. The molecular formula is C14H19N3OS. The number of nitrogens with zero attached hydrogens (tertiary/aromatic N) is 2. The zero-order valence-electron chi connectivity index (χ0n) is 11.2. The molecule has 5 heteroatoms. The lowest BCUT2D eigenvalue weighted by Crippen LogP contribution is -2.20. The van der Waals surface area contributed by atoms with Crippen LogP contribution in [0.5, 0.6) is 0 Å². The van der Waals surface area contributed by atoms with Gasteiger partial charge in [-0.3, -0.25) is 0 Å². The molecule has 0 saturated carbocycles. The van der Waals surface area contributed by atoms with Gasteiger partial charge < -0.3 is 15.3 Å². The number of aliphatic hydroxyl groups excluding tert-OH is 1. The van der Waals surface area contributed by atoms with Crippen molar-refractivity contribution < 1.29 is 5.11 Å². The van der Waals surface area contributed by atoms with E-state index < -0.39 is 0 Å². The molecule has 2 aromatic rings. The van der Waals surface area contributed by atoms with Gasteiger partial charge in [0.25, 0.3) is 0 Å². The van der Waals surface area contributed by atoms with E-state index in [0.717, 1.165) is 16.4 Å². The van der Waals surface area contributed by atoms with Crippen LogP contribution in [0.4, 0.5) is 11.4 Å². The van der Waals surface area contributed by atoms with Crippen LogP contribution in [0, 0.1) is 0 Å². The number of rotatable bonds is 6. The van der Waals surface area contributed by atoms with Gasteiger partial charge in [0.2, 0.25) is 0 Å². The molecule has 1 aromatic carbocycles. The Labute approximate surface area is 117 Å². The Kier molecular flexibility index (Phi) is 4.76. The van der Waals surface area contributed by atoms with Crippen LogP contribution in [-0.4, -0.2) is 30.3 Å². The number of hydrogen-bond donors (Lipinski definition) is 2. The quantitative estimate of drug-likeness (QED) is 0.852. The molecule has 0 spiro atoms. The van der Waals surface area contributed by atoms with E-state index in [4.69, 9.17) is 5.11 Å². The van der Waals surface area contributed by atoms with Crippen molar-refractivity contribution in [2.24, 2.45) is 0 Å². The van der Waals surface area contributed by atoms with Crippen molar-refractivity contribution in [1.29, 1.82) is 0 Å². The van der Waals surface area contributed by atoms with Gasteiger partial charge in [0.1, 0.15) is 5.01 Å². The lowest BCUT2D eigenvalue weighted by Gasteiger charge is -2.19. The van der Waals surface area contributed by atoms with Gasteiger partial charge in [-0.1, -0.05) is 0 Å². The molecular weight excluding hydrogens is 258 g/mol. The van der Waals surface area contributed by atoms with E-state index >= 15 is 0 Å². The number of benzene rings is 1. The van der Waals surface area contributed by atoms with E-state index in [2.05, 4.69) is 17.2 Å². The Morgan fingerprint density at radius 1 is 1.37 bits per heavy atom. The third-order valence-corrected chi connectivity index (χ3v) is 3.91. The lowest BCUT2D eigenvalue weighted by molar-refractivity contribution is 0.304. The Balaban J connectivity index is 1.99. The molecule has 2 rings (SSSR count). The van der Waals surface area contributed by atoms with Crippen LogP contribution in [0.1, 0.15) is 18.0 Å². The molecule has 0 aliphatic rings. The number of nitrogens with one attached hydrogen (secondary N) is 1. The Morgan fingerprint density at radius 3 is 2.68 bits per heavy atom. The first-order valence-corrected chi connectivity index (χ1v) is 7.16. The van der Waals surface area contributed by atoms with Crippen LogP contribution < -0.4 is 10.2 Å². The van der Waals surface area contributed by atoms with Crippen LogP contribution in [-0.2, 0) is 0 Å². The normalized spacial score (nSPS) is 12.2. The monoisotopic (exact) mass is 277 g/mol. The van der Waals surface area contributed by atoms with Gasteiger partial charge in [-0.15, -0.1) is 11.3 Å². The molecule has 1 unspecified atom stereocenters. The number of hydrogen-bond acceptors (Lipinski definition) is 5. The van der Waals surface area contributed by atoms with Crippen molar-refractivity contribution in [3.05, 3.63) is 40.8 Å². The summed E-state index contributed by atoms with van der Waals surface area (Å²) in [5.74, 6) is 0. The molecule has 1 atom stereocenters. The topological polar surface area (TPSA) is 48.4 Å². The van der Waals surface area contributed by atoms with Crippen molar-refractivity contribution in [1.82, 2.24) is 4.98 Å². The van der Waals surface area contributed by atoms with Gasteiger partial charge in [0.05, 0.1) is 12.6 Å². The summed E-state index contributed by atoms with van der Waals surface area (Å²) >= 11 is 1.66. The summed E-state index contributed by atoms with van der Waals surface area (Å²) in [6.07, 6.45) is 1.82. The van der Waals surface area contributed by atoms with E-state index in [1.807, 2.05) is 47.8 Å². The second kappa shape index (κ2) is 6.54. The predicted octanol–water partition coefficient (Wildman–Crippen LogP) is 2.74. The second-order valence-corrected chi connectivity index (χ2v) is 5.35. The van der Waals surface area contributed by atoms with E-state index in [1.54, 1.807) is 11.3 Å². The molecule has 2 N–H and O–H groups in total. The molecule has 102 valence electrons. The van der Waals surface area contributed by atoms with E-state index in [9.17, 15) is 0 Å². The summed E-state index contributed by atoms with van der Waals surface area (Å²) in [4.78, 5) is 6.32. The molecule has 4 nitrogen and oxygen atoms in total. The van der Waals surface area contributed by atoms with E-state index in [1.165, 1.54) is 0 Å². The Hall–Kier alpha value is -1.59. The zero-order valence-corrected chi connectivity index (χ0v) is 12.0. The van der Waals surface area contributed by atoms with E-state index in [0.29, 0.717) is 6.54 Å². The summed E-state index contributed by atoms with van der Waals surface area (Å²) in [6.45, 7) is 2.91. The van der Waals surface area contributed by atoms with Crippen LogP contribution >= 0.6 is 11.3 Å². The van der Waals surface area contributed by atoms with E-state index in [-0.39, 0.29) is 12.6 Å². The molecule has 0 fully saturated rings. The fraction of sp³-hybridized carbons (Fsp3) is 0.357. The molecule has 19 heavy (non-hydrogen) atoms. The first kappa shape index (κ1) is 13.8. The Bertz CT molecular complexity index is 484. The maximum absolute atomic E-state index is 8.92. The minimum Gasteiger partial charge on any atom is -0.395 e. The van der Waals surface area contributed by atoms with Gasteiger partial charge >= 0.3 is 0 Å². The molecule has 0 amide bonds. The highest BCUT2D eigenvalue weighted by molar-refractivity contribution is 7.09. The second-order valence-electron chi connectivity index (χ2n) is 4.43. The highest BCUT2D eigenvalue weighted by Crippen LogP contribution is 2.22. The number of likely N-dealkylation sites (N-methyl/N-ethyl adjacent to an activating group) is 1. The van der Waals surface area contributed by atoms with Crippen molar-refractivity contribution >= 4 is 22.7 Å². The molecule has 0 aliphatic heterocycles. The maximum Gasteiger partial charge on any atom is 0.115 e. The fourth-order valence-corrected chi connectivity index (χ4v) is 2.50.